The van der Waals surface area contributed by atoms with Crippen molar-refractivity contribution in [1.29, 1.82) is 0 Å². The minimum Gasteiger partial charge on any atom is -0.493 e. The molecule has 1 fully saturated rings. The van der Waals surface area contributed by atoms with Gasteiger partial charge in [-0.25, -0.2) is 9.79 Å². The normalized spacial score (nSPS) is 15.2. The summed E-state index contributed by atoms with van der Waals surface area (Å²) in [5.41, 5.74) is 1.78. The minimum absolute atomic E-state index is 0.0275. The van der Waals surface area contributed by atoms with Crippen molar-refractivity contribution in [3.05, 3.63) is 96.8 Å². The third-order valence-electron chi connectivity index (χ3n) is 5.38. The maximum atomic E-state index is 12.9. The minimum atomic E-state index is -1.06. The smallest absolute Gasteiger partial charge is 0.335 e. The number of rotatable bonds is 8. The molecule has 1 saturated heterocycles. The molecule has 1 N–H and O–H groups in total. The number of hydrogen-bond donors (Lipinski definition) is 1. The van der Waals surface area contributed by atoms with Crippen LogP contribution >= 0.6 is 27.7 Å². The molecule has 0 bridgehead atoms. The predicted octanol–water partition coefficient (Wildman–Crippen LogP) is 5.88. The van der Waals surface area contributed by atoms with E-state index in [-0.39, 0.29) is 23.8 Å². The Hall–Kier alpha value is -4.16. The molecular weight excluding hydrogens is 578 g/mol. The molecule has 12 heteroatoms. The molecular formula is C26H20BrN3O7S. The van der Waals surface area contributed by atoms with Crippen LogP contribution in [-0.2, 0) is 11.4 Å². The molecule has 0 atom stereocenters. The standard InChI is InChI=1S/C26H20BrN3O7S/c1-29-24(31)22(38-26(29)28-18-7-4-6-17(13-18)25(32)33)12-16-10-20(27)23(21(11-16)36-2)37-14-15-5-3-8-19(9-15)30(34)35/h3-13H,14H2,1-2H3,(H,32,33). The average molecular weight is 598 g/mol. The van der Waals surface area contributed by atoms with Gasteiger partial charge in [0.05, 0.1) is 32.7 Å². The number of hydrogen-bond acceptors (Lipinski definition) is 8. The lowest BCUT2D eigenvalue weighted by atomic mass is 10.1. The van der Waals surface area contributed by atoms with Gasteiger partial charge < -0.3 is 14.6 Å². The number of benzene rings is 3. The van der Waals surface area contributed by atoms with Crippen molar-refractivity contribution < 1.29 is 29.1 Å². The van der Waals surface area contributed by atoms with Gasteiger partial charge >= 0.3 is 5.97 Å². The number of nitrogens with zero attached hydrogens (tertiary/aromatic N) is 3. The van der Waals surface area contributed by atoms with E-state index in [0.717, 1.165) is 11.8 Å². The number of amidine groups is 1. The number of carbonyl (C=O) groups is 2. The van der Waals surface area contributed by atoms with Gasteiger partial charge in [-0.3, -0.25) is 19.8 Å². The first kappa shape index (κ1) is 26.9. The van der Waals surface area contributed by atoms with Crippen LogP contribution in [0.1, 0.15) is 21.5 Å². The number of carboxylic acids is 1. The highest BCUT2D eigenvalue weighted by atomic mass is 79.9. The number of methoxy groups -OCH3 is 1. The van der Waals surface area contributed by atoms with E-state index in [2.05, 4.69) is 20.9 Å². The number of carboxylic acid groups (broad SMARTS) is 1. The molecule has 3 aromatic rings. The molecule has 0 spiro atoms. The Morgan fingerprint density at radius 2 is 1.97 bits per heavy atom. The van der Waals surface area contributed by atoms with Gasteiger partial charge in [0.25, 0.3) is 11.6 Å². The van der Waals surface area contributed by atoms with E-state index < -0.39 is 10.9 Å². The number of halogens is 1. The lowest BCUT2D eigenvalue weighted by molar-refractivity contribution is -0.384. The topological polar surface area (TPSA) is 132 Å². The van der Waals surface area contributed by atoms with Crippen LogP contribution in [0, 0.1) is 10.1 Å². The lowest BCUT2D eigenvalue weighted by Gasteiger charge is -2.14. The molecule has 0 radical (unpaired) electrons. The number of ether oxygens (including phenoxy) is 2. The van der Waals surface area contributed by atoms with Gasteiger partial charge in [-0.05, 0) is 75.2 Å². The second-order valence-electron chi connectivity index (χ2n) is 7.97. The van der Waals surface area contributed by atoms with Crippen LogP contribution < -0.4 is 9.47 Å². The van der Waals surface area contributed by atoms with E-state index in [1.54, 1.807) is 49.5 Å². The van der Waals surface area contributed by atoms with Crippen LogP contribution in [0.15, 0.2) is 75.0 Å². The maximum absolute atomic E-state index is 12.9. The van der Waals surface area contributed by atoms with Crippen molar-refractivity contribution in [2.75, 3.05) is 14.2 Å². The fourth-order valence-corrected chi connectivity index (χ4v) is 5.06. The first-order valence-corrected chi connectivity index (χ1v) is 12.6. The third-order valence-corrected chi connectivity index (χ3v) is 7.02. The Labute approximate surface area is 229 Å². The molecule has 0 saturated carbocycles. The van der Waals surface area contributed by atoms with Gasteiger partial charge in [0.15, 0.2) is 16.7 Å². The Balaban J connectivity index is 1.56. The third kappa shape index (κ3) is 6.03. The van der Waals surface area contributed by atoms with Gasteiger partial charge in [0.1, 0.15) is 6.61 Å². The highest BCUT2D eigenvalue weighted by Gasteiger charge is 2.30. The fraction of sp³-hybridized carbons (Fsp3) is 0.115. The van der Waals surface area contributed by atoms with Crippen molar-refractivity contribution in [3.8, 4) is 11.5 Å². The molecule has 4 rings (SSSR count). The SMILES string of the molecule is COc1cc(C=C2SC(=Nc3cccc(C(=O)O)c3)N(C)C2=O)cc(Br)c1OCc1cccc([N+](=O)[O-])c1. The summed E-state index contributed by atoms with van der Waals surface area (Å²) in [5.74, 6) is -0.513. The molecule has 10 nitrogen and oxygen atoms in total. The first-order chi connectivity index (χ1) is 18.2. The quantitative estimate of drug-likeness (QED) is 0.193. The number of non-ortho nitro benzene ring substituents is 1. The summed E-state index contributed by atoms with van der Waals surface area (Å²) in [4.78, 5) is 40.9. The van der Waals surface area contributed by atoms with Crippen molar-refractivity contribution in [2.24, 2.45) is 4.99 Å². The molecule has 1 aliphatic rings. The van der Waals surface area contributed by atoms with E-state index in [1.807, 2.05) is 0 Å². The summed E-state index contributed by atoms with van der Waals surface area (Å²) in [5, 5.41) is 20.6. The second kappa shape index (κ2) is 11.5. The molecule has 1 heterocycles. The monoisotopic (exact) mass is 597 g/mol. The van der Waals surface area contributed by atoms with Gasteiger partial charge in [-0.1, -0.05) is 18.2 Å². The molecule has 0 aliphatic carbocycles. The zero-order valence-electron chi connectivity index (χ0n) is 20.1. The van der Waals surface area contributed by atoms with E-state index in [9.17, 15) is 24.8 Å². The maximum Gasteiger partial charge on any atom is 0.335 e. The molecule has 3 aromatic carbocycles. The molecule has 0 unspecified atom stereocenters. The number of nitro benzene ring substituents is 1. The van der Waals surface area contributed by atoms with Crippen LogP contribution in [0.5, 0.6) is 11.5 Å². The van der Waals surface area contributed by atoms with Crippen molar-refractivity contribution in [3.63, 3.8) is 0 Å². The number of amides is 1. The first-order valence-electron chi connectivity index (χ1n) is 11.0. The van der Waals surface area contributed by atoms with Gasteiger partial charge in [0, 0.05) is 19.2 Å². The molecule has 1 aliphatic heterocycles. The highest BCUT2D eigenvalue weighted by molar-refractivity contribution is 9.10. The van der Waals surface area contributed by atoms with Crippen molar-refractivity contribution in [1.82, 2.24) is 4.90 Å². The molecule has 38 heavy (non-hydrogen) atoms. The average Bonchev–Trinajstić information content (AvgIpc) is 3.15. The number of aromatic carboxylic acids is 1. The lowest BCUT2D eigenvalue weighted by Crippen LogP contribution is -2.23. The van der Waals surface area contributed by atoms with Crippen LogP contribution in [0.3, 0.4) is 0 Å². The summed E-state index contributed by atoms with van der Waals surface area (Å²) in [6.45, 7) is 0.0825. The van der Waals surface area contributed by atoms with Gasteiger partial charge in [-0.15, -0.1) is 0 Å². The van der Waals surface area contributed by atoms with Gasteiger partial charge in [0.2, 0.25) is 0 Å². The van der Waals surface area contributed by atoms with Crippen molar-refractivity contribution in [2.45, 2.75) is 6.61 Å². The molecule has 194 valence electrons. The Kier molecular flexibility index (Phi) is 8.13. The zero-order chi connectivity index (χ0) is 27.4. The van der Waals surface area contributed by atoms with Crippen molar-refractivity contribution >= 4 is 62.2 Å². The fourth-order valence-electron chi connectivity index (χ4n) is 3.50. The number of aliphatic imine (C=N–C) groups is 1. The number of thioether (sulfide) groups is 1. The zero-order valence-corrected chi connectivity index (χ0v) is 22.5. The Morgan fingerprint density at radius 3 is 2.68 bits per heavy atom. The largest absolute Gasteiger partial charge is 0.493 e. The van der Waals surface area contributed by atoms with Gasteiger partial charge in [-0.2, -0.15) is 0 Å². The number of carbonyl (C=O) groups excluding carboxylic acids is 1. The molecule has 0 aromatic heterocycles. The van der Waals surface area contributed by atoms with E-state index in [1.165, 1.54) is 36.3 Å². The summed E-state index contributed by atoms with van der Waals surface area (Å²) in [6.07, 6.45) is 1.69. The van der Waals surface area contributed by atoms with Crippen LogP contribution in [0.25, 0.3) is 6.08 Å². The highest BCUT2D eigenvalue weighted by Crippen LogP contribution is 2.39. The van der Waals surface area contributed by atoms with Crippen LogP contribution in [0.2, 0.25) is 0 Å². The van der Waals surface area contributed by atoms with Crippen LogP contribution in [-0.4, -0.2) is 46.1 Å². The summed E-state index contributed by atoms with van der Waals surface area (Å²) in [7, 11) is 3.08. The second-order valence-corrected chi connectivity index (χ2v) is 9.84. The van der Waals surface area contributed by atoms with E-state index in [0.29, 0.717) is 42.9 Å². The Bertz CT molecular complexity index is 1510. The molecule has 1 amide bonds. The summed E-state index contributed by atoms with van der Waals surface area (Å²) < 4.78 is 12.0. The van der Waals surface area contributed by atoms with Crippen LogP contribution in [0.4, 0.5) is 11.4 Å². The van der Waals surface area contributed by atoms with E-state index >= 15 is 0 Å². The summed E-state index contributed by atoms with van der Waals surface area (Å²) >= 11 is 4.65. The number of nitro groups is 1. The predicted molar refractivity (Wildman–Crippen MR) is 147 cm³/mol. The number of likely N-dealkylation sites (N-methyl/N-ethyl adjacent to an activating group) is 1. The van der Waals surface area contributed by atoms with E-state index in [4.69, 9.17) is 9.47 Å². The summed E-state index contributed by atoms with van der Waals surface area (Å²) in [6, 6.07) is 15.8. The Morgan fingerprint density at radius 1 is 1.21 bits per heavy atom.